The summed E-state index contributed by atoms with van der Waals surface area (Å²) in [6.07, 6.45) is 3.50. The van der Waals surface area contributed by atoms with Crippen LogP contribution in [0.15, 0.2) is 73.1 Å². The third kappa shape index (κ3) is 3.34. The van der Waals surface area contributed by atoms with Gasteiger partial charge in [-0.1, -0.05) is 0 Å². The first-order valence-electron chi connectivity index (χ1n) is 8.84. The van der Waals surface area contributed by atoms with Gasteiger partial charge in [-0.2, -0.15) is 0 Å². The summed E-state index contributed by atoms with van der Waals surface area (Å²) in [5.74, 6) is -0.272. The van der Waals surface area contributed by atoms with Gasteiger partial charge in [0.05, 0.1) is 11.4 Å². The van der Waals surface area contributed by atoms with E-state index in [2.05, 4.69) is 22.1 Å². The molecule has 2 heterocycles. The zero-order chi connectivity index (χ0) is 19.7. The van der Waals surface area contributed by atoms with E-state index in [1.807, 2.05) is 47.8 Å². The summed E-state index contributed by atoms with van der Waals surface area (Å²) in [6.45, 7) is 0. The van der Waals surface area contributed by atoms with Gasteiger partial charge in [0.25, 0.3) is 0 Å². The Morgan fingerprint density at radius 3 is 2.14 bits per heavy atom. The van der Waals surface area contributed by atoms with Crippen molar-refractivity contribution in [2.24, 2.45) is 0 Å². The largest absolute Gasteiger partial charge is 0.378 e. The quantitative estimate of drug-likeness (QED) is 0.470. The highest BCUT2D eigenvalue weighted by molar-refractivity contribution is 7.71. The first-order chi connectivity index (χ1) is 13.5. The van der Waals surface area contributed by atoms with Crippen molar-refractivity contribution in [3.8, 4) is 28.2 Å². The van der Waals surface area contributed by atoms with Gasteiger partial charge in [-0.15, -0.1) is 0 Å². The molecule has 6 heteroatoms. The molecule has 140 valence electrons. The Labute approximate surface area is 167 Å². The summed E-state index contributed by atoms with van der Waals surface area (Å²) in [4.78, 5) is 9.48. The van der Waals surface area contributed by atoms with Gasteiger partial charge < -0.3 is 9.88 Å². The van der Waals surface area contributed by atoms with Crippen LogP contribution in [0.3, 0.4) is 0 Å². The van der Waals surface area contributed by atoms with Crippen molar-refractivity contribution in [3.05, 3.63) is 83.6 Å². The predicted octanol–water partition coefficient (Wildman–Crippen LogP) is 5.47. The van der Waals surface area contributed by atoms with E-state index in [9.17, 15) is 4.39 Å². The van der Waals surface area contributed by atoms with E-state index in [-0.39, 0.29) is 5.82 Å². The van der Waals surface area contributed by atoms with Crippen LogP contribution >= 0.6 is 12.2 Å². The number of hydrogen-bond donors (Lipinski definition) is 1. The van der Waals surface area contributed by atoms with Crippen LogP contribution in [-0.4, -0.2) is 28.6 Å². The SMILES string of the molecule is CN(C)c1ccc(-n2c(-c3ccncc3)c(-c3ccc(F)cc3)[nH]c2=S)cc1. The van der Waals surface area contributed by atoms with E-state index in [1.165, 1.54) is 12.1 Å². The Morgan fingerprint density at radius 2 is 1.54 bits per heavy atom. The van der Waals surface area contributed by atoms with Crippen LogP contribution in [0.5, 0.6) is 0 Å². The maximum Gasteiger partial charge on any atom is 0.182 e. The fourth-order valence-corrected chi connectivity index (χ4v) is 3.49. The Bertz CT molecular complexity index is 1140. The molecule has 0 fully saturated rings. The van der Waals surface area contributed by atoms with E-state index in [4.69, 9.17) is 12.2 Å². The summed E-state index contributed by atoms with van der Waals surface area (Å²) < 4.78 is 16.0. The normalized spacial score (nSPS) is 10.8. The van der Waals surface area contributed by atoms with Crippen molar-refractivity contribution < 1.29 is 4.39 Å². The predicted molar refractivity (Wildman–Crippen MR) is 114 cm³/mol. The number of H-pyrrole nitrogens is 1. The molecule has 28 heavy (non-hydrogen) atoms. The van der Waals surface area contributed by atoms with Gasteiger partial charge in [-0.3, -0.25) is 9.55 Å². The number of halogens is 1. The monoisotopic (exact) mass is 390 g/mol. The van der Waals surface area contributed by atoms with E-state index >= 15 is 0 Å². The lowest BCUT2D eigenvalue weighted by atomic mass is 10.1. The molecule has 2 aromatic heterocycles. The average Bonchev–Trinajstić information content (AvgIpc) is 3.06. The maximum atomic E-state index is 13.4. The van der Waals surface area contributed by atoms with E-state index in [0.29, 0.717) is 4.77 Å². The Morgan fingerprint density at radius 1 is 0.893 bits per heavy atom. The Kier molecular flexibility index (Phi) is 4.79. The lowest BCUT2D eigenvalue weighted by molar-refractivity contribution is 0.628. The number of rotatable bonds is 4. The molecule has 0 radical (unpaired) electrons. The van der Waals surface area contributed by atoms with E-state index < -0.39 is 0 Å². The first-order valence-corrected chi connectivity index (χ1v) is 9.24. The molecule has 4 nitrogen and oxygen atoms in total. The highest BCUT2D eigenvalue weighted by Gasteiger charge is 2.17. The van der Waals surface area contributed by atoms with Crippen molar-refractivity contribution in [2.75, 3.05) is 19.0 Å². The molecule has 0 amide bonds. The Balaban J connectivity index is 1.96. The maximum absolute atomic E-state index is 13.4. The third-order valence-corrected chi connectivity index (χ3v) is 4.89. The number of benzene rings is 2. The number of aromatic amines is 1. The minimum atomic E-state index is -0.272. The second kappa shape index (κ2) is 7.40. The number of nitrogens with one attached hydrogen (secondary N) is 1. The number of anilines is 1. The van der Waals surface area contributed by atoms with Gasteiger partial charge in [0.2, 0.25) is 0 Å². The average molecular weight is 390 g/mol. The Hall–Kier alpha value is -3.25. The van der Waals surface area contributed by atoms with Crippen LogP contribution in [0.2, 0.25) is 0 Å². The molecule has 0 saturated heterocycles. The van der Waals surface area contributed by atoms with Crippen molar-refractivity contribution in [3.63, 3.8) is 0 Å². The number of nitrogens with zero attached hydrogens (tertiary/aromatic N) is 3. The third-order valence-electron chi connectivity index (χ3n) is 4.61. The van der Waals surface area contributed by atoms with Crippen molar-refractivity contribution in [1.82, 2.24) is 14.5 Å². The molecule has 0 spiro atoms. The van der Waals surface area contributed by atoms with Crippen LogP contribution in [0.25, 0.3) is 28.2 Å². The fourth-order valence-electron chi connectivity index (χ4n) is 3.19. The highest BCUT2D eigenvalue weighted by Crippen LogP contribution is 2.34. The molecule has 0 unspecified atom stereocenters. The summed E-state index contributed by atoms with van der Waals surface area (Å²) in [7, 11) is 4.01. The summed E-state index contributed by atoms with van der Waals surface area (Å²) >= 11 is 5.66. The highest BCUT2D eigenvalue weighted by atomic mass is 32.1. The summed E-state index contributed by atoms with van der Waals surface area (Å²) in [6, 6.07) is 18.5. The van der Waals surface area contributed by atoms with Crippen molar-refractivity contribution in [2.45, 2.75) is 0 Å². The van der Waals surface area contributed by atoms with E-state index in [1.54, 1.807) is 24.5 Å². The second-order valence-electron chi connectivity index (χ2n) is 6.64. The van der Waals surface area contributed by atoms with Crippen LogP contribution < -0.4 is 4.90 Å². The molecular formula is C22H19FN4S. The molecule has 0 bridgehead atoms. The van der Waals surface area contributed by atoms with Crippen LogP contribution in [0.4, 0.5) is 10.1 Å². The fraction of sp³-hybridized carbons (Fsp3) is 0.0909. The second-order valence-corrected chi connectivity index (χ2v) is 7.03. The zero-order valence-electron chi connectivity index (χ0n) is 15.6. The standard InChI is InChI=1S/C22H19FN4S/c1-26(2)18-7-9-19(10-8-18)27-21(16-11-13-24-14-12-16)20(25-22(27)28)15-3-5-17(23)6-4-15/h3-14H,1-2H3,(H,25,28). The van der Waals surface area contributed by atoms with Crippen LogP contribution in [-0.2, 0) is 0 Å². The molecule has 2 aromatic carbocycles. The smallest absolute Gasteiger partial charge is 0.182 e. The van der Waals surface area contributed by atoms with Crippen molar-refractivity contribution in [1.29, 1.82) is 0 Å². The molecule has 0 aliphatic carbocycles. The molecule has 0 saturated carbocycles. The topological polar surface area (TPSA) is 36.9 Å². The lowest BCUT2D eigenvalue weighted by Crippen LogP contribution is -2.08. The zero-order valence-corrected chi connectivity index (χ0v) is 16.4. The number of pyridine rings is 1. The molecule has 1 N–H and O–H groups in total. The minimum absolute atomic E-state index is 0.272. The summed E-state index contributed by atoms with van der Waals surface area (Å²) in [5.41, 5.74) is 5.65. The van der Waals surface area contributed by atoms with Gasteiger partial charge in [-0.25, -0.2) is 4.39 Å². The van der Waals surface area contributed by atoms with Gasteiger partial charge >= 0.3 is 0 Å². The number of aromatic nitrogens is 3. The minimum Gasteiger partial charge on any atom is -0.378 e. The molecule has 4 aromatic rings. The molecule has 0 aliphatic heterocycles. The molecular weight excluding hydrogens is 371 g/mol. The number of hydrogen-bond acceptors (Lipinski definition) is 3. The van der Waals surface area contributed by atoms with Gasteiger partial charge in [0.15, 0.2) is 4.77 Å². The van der Waals surface area contributed by atoms with E-state index in [0.717, 1.165) is 33.9 Å². The lowest BCUT2D eigenvalue weighted by Gasteiger charge is -2.15. The molecule has 4 rings (SSSR count). The molecule has 0 atom stereocenters. The summed E-state index contributed by atoms with van der Waals surface area (Å²) in [5, 5.41) is 0. The first kappa shape index (κ1) is 18.1. The van der Waals surface area contributed by atoms with Gasteiger partial charge in [0, 0.05) is 49.0 Å². The van der Waals surface area contributed by atoms with Crippen molar-refractivity contribution >= 4 is 17.9 Å². The van der Waals surface area contributed by atoms with Crippen LogP contribution in [0.1, 0.15) is 0 Å². The van der Waals surface area contributed by atoms with Gasteiger partial charge in [-0.05, 0) is 72.9 Å². The van der Waals surface area contributed by atoms with Gasteiger partial charge in [0.1, 0.15) is 5.82 Å². The molecule has 0 aliphatic rings. The number of imidazole rings is 1. The van der Waals surface area contributed by atoms with Crippen LogP contribution in [0, 0.1) is 10.6 Å².